The monoisotopic (exact) mass is 320 g/mol. The molecule has 1 saturated heterocycles. The molecule has 2 aromatic heterocycles. The van der Waals surface area contributed by atoms with Gasteiger partial charge in [-0.1, -0.05) is 18.2 Å². The average Bonchev–Trinajstić information content (AvgIpc) is 3.06. The van der Waals surface area contributed by atoms with Crippen LogP contribution in [0.25, 0.3) is 11.0 Å². The van der Waals surface area contributed by atoms with Crippen LogP contribution in [-0.4, -0.2) is 32.3 Å². The van der Waals surface area contributed by atoms with Crippen molar-refractivity contribution in [2.24, 2.45) is 0 Å². The van der Waals surface area contributed by atoms with Crippen LogP contribution < -0.4 is 0 Å². The minimum absolute atomic E-state index is 0.0300. The minimum Gasteiger partial charge on any atom is -0.340 e. The van der Waals surface area contributed by atoms with Crippen LogP contribution in [0.5, 0.6) is 0 Å². The molecule has 1 atom stereocenters. The third-order valence-corrected chi connectivity index (χ3v) is 4.60. The van der Waals surface area contributed by atoms with E-state index < -0.39 is 0 Å². The fraction of sp³-hybridized carbons (Fsp3) is 0.316. The van der Waals surface area contributed by atoms with Crippen molar-refractivity contribution in [3.8, 4) is 0 Å². The molecule has 1 aromatic carbocycles. The van der Waals surface area contributed by atoms with E-state index in [2.05, 4.69) is 9.97 Å². The van der Waals surface area contributed by atoms with E-state index in [9.17, 15) is 4.79 Å². The minimum atomic E-state index is 0.0300. The van der Waals surface area contributed by atoms with Gasteiger partial charge in [-0.05, 0) is 43.5 Å². The van der Waals surface area contributed by atoms with Crippen molar-refractivity contribution in [2.45, 2.75) is 31.7 Å². The van der Waals surface area contributed by atoms with E-state index in [1.54, 1.807) is 6.20 Å². The highest BCUT2D eigenvalue weighted by molar-refractivity contribution is 5.79. The number of aromatic amines is 1. The topological polar surface area (TPSA) is 61.9 Å². The second-order valence-corrected chi connectivity index (χ2v) is 6.24. The predicted octanol–water partition coefficient (Wildman–Crippen LogP) is 3.25. The highest BCUT2D eigenvalue weighted by atomic mass is 16.2. The lowest BCUT2D eigenvalue weighted by molar-refractivity contribution is -0.134. The van der Waals surface area contributed by atoms with Crippen LogP contribution in [0.2, 0.25) is 0 Å². The molecule has 5 nitrogen and oxygen atoms in total. The number of para-hydroxylation sites is 2. The fourth-order valence-corrected chi connectivity index (χ4v) is 3.40. The number of carbonyl (C=O) groups is 1. The van der Waals surface area contributed by atoms with Gasteiger partial charge in [-0.3, -0.25) is 9.78 Å². The average molecular weight is 320 g/mol. The van der Waals surface area contributed by atoms with Crippen LogP contribution >= 0.6 is 0 Å². The van der Waals surface area contributed by atoms with Gasteiger partial charge in [0.05, 0.1) is 23.5 Å². The molecular weight excluding hydrogens is 300 g/mol. The summed E-state index contributed by atoms with van der Waals surface area (Å²) in [6.45, 7) is 0.785. The zero-order chi connectivity index (χ0) is 16.4. The van der Waals surface area contributed by atoms with Crippen LogP contribution in [0.4, 0.5) is 0 Å². The number of benzene rings is 1. The maximum Gasteiger partial charge on any atom is 0.229 e. The summed E-state index contributed by atoms with van der Waals surface area (Å²) in [4.78, 5) is 27.2. The largest absolute Gasteiger partial charge is 0.340 e. The number of hydrogen-bond donors (Lipinski definition) is 1. The molecule has 0 spiro atoms. The molecule has 3 aromatic rings. The molecule has 4 rings (SSSR count). The van der Waals surface area contributed by atoms with Gasteiger partial charge in [0.15, 0.2) is 0 Å². The number of imidazole rings is 1. The SMILES string of the molecule is O=C(Cc1ccccn1)N1CCCC[C@@H]1c1nc2ccccc2[nH]1. The van der Waals surface area contributed by atoms with Crippen LogP contribution in [0.1, 0.15) is 36.8 Å². The number of nitrogens with one attached hydrogen (secondary N) is 1. The number of aromatic nitrogens is 3. The Morgan fingerprint density at radius 1 is 1.17 bits per heavy atom. The van der Waals surface area contributed by atoms with Crippen molar-refractivity contribution >= 4 is 16.9 Å². The highest BCUT2D eigenvalue weighted by Crippen LogP contribution is 2.30. The lowest BCUT2D eigenvalue weighted by atomic mass is 10.0. The van der Waals surface area contributed by atoms with E-state index in [1.807, 2.05) is 47.4 Å². The fourth-order valence-electron chi connectivity index (χ4n) is 3.40. The van der Waals surface area contributed by atoms with Gasteiger partial charge in [0.2, 0.25) is 5.91 Å². The Kier molecular flexibility index (Phi) is 3.99. The number of amides is 1. The number of likely N-dealkylation sites (tertiary alicyclic amines) is 1. The number of H-pyrrole nitrogens is 1. The van der Waals surface area contributed by atoms with Gasteiger partial charge >= 0.3 is 0 Å². The first kappa shape index (κ1) is 14.9. The first-order valence-electron chi connectivity index (χ1n) is 8.45. The van der Waals surface area contributed by atoms with Crippen LogP contribution in [0, 0.1) is 0 Å². The van der Waals surface area contributed by atoms with Crippen molar-refractivity contribution < 1.29 is 4.79 Å². The van der Waals surface area contributed by atoms with E-state index in [0.717, 1.165) is 48.4 Å². The van der Waals surface area contributed by atoms with Crippen molar-refractivity contribution in [2.75, 3.05) is 6.54 Å². The second-order valence-electron chi connectivity index (χ2n) is 6.24. The molecule has 1 amide bonds. The van der Waals surface area contributed by atoms with Gasteiger partial charge in [-0.2, -0.15) is 0 Å². The number of pyridine rings is 1. The molecule has 0 unspecified atom stereocenters. The Morgan fingerprint density at radius 3 is 2.88 bits per heavy atom. The molecule has 0 aliphatic carbocycles. The molecule has 5 heteroatoms. The van der Waals surface area contributed by atoms with Gasteiger partial charge in [0, 0.05) is 18.4 Å². The van der Waals surface area contributed by atoms with E-state index in [-0.39, 0.29) is 11.9 Å². The maximum absolute atomic E-state index is 12.8. The van der Waals surface area contributed by atoms with Gasteiger partial charge in [0.1, 0.15) is 5.82 Å². The van der Waals surface area contributed by atoms with E-state index in [0.29, 0.717) is 6.42 Å². The third-order valence-electron chi connectivity index (χ3n) is 4.60. The van der Waals surface area contributed by atoms with E-state index in [1.165, 1.54) is 0 Å². The lowest BCUT2D eigenvalue weighted by Crippen LogP contribution is -2.40. The van der Waals surface area contributed by atoms with Gasteiger partial charge in [-0.15, -0.1) is 0 Å². The van der Waals surface area contributed by atoms with Crippen molar-refractivity contribution in [3.63, 3.8) is 0 Å². The molecule has 3 heterocycles. The third kappa shape index (κ3) is 2.89. The smallest absolute Gasteiger partial charge is 0.229 e. The molecule has 0 bridgehead atoms. The van der Waals surface area contributed by atoms with Crippen molar-refractivity contribution in [1.82, 2.24) is 19.9 Å². The first-order valence-corrected chi connectivity index (χ1v) is 8.45. The van der Waals surface area contributed by atoms with E-state index in [4.69, 9.17) is 4.98 Å². The van der Waals surface area contributed by atoms with Gasteiger partial charge in [-0.25, -0.2) is 4.98 Å². The number of rotatable bonds is 3. The summed E-state index contributed by atoms with van der Waals surface area (Å²) < 4.78 is 0. The summed E-state index contributed by atoms with van der Waals surface area (Å²) in [7, 11) is 0. The lowest BCUT2D eigenvalue weighted by Gasteiger charge is -2.34. The molecular formula is C19H20N4O. The molecule has 1 fully saturated rings. The van der Waals surface area contributed by atoms with Crippen LogP contribution in [0.15, 0.2) is 48.7 Å². The Bertz CT molecular complexity index is 810. The summed E-state index contributed by atoms with van der Waals surface area (Å²) in [5, 5.41) is 0. The first-order chi connectivity index (χ1) is 11.8. The molecule has 1 N–H and O–H groups in total. The second kappa shape index (κ2) is 6.43. The Morgan fingerprint density at radius 2 is 2.04 bits per heavy atom. The molecule has 24 heavy (non-hydrogen) atoms. The molecule has 1 aliphatic heterocycles. The quantitative estimate of drug-likeness (QED) is 0.806. The Balaban J connectivity index is 1.59. The van der Waals surface area contributed by atoms with E-state index >= 15 is 0 Å². The maximum atomic E-state index is 12.8. The van der Waals surface area contributed by atoms with Gasteiger partial charge < -0.3 is 9.88 Å². The molecule has 0 radical (unpaired) electrons. The van der Waals surface area contributed by atoms with Crippen LogP contribution in [0.3, 0.4) is 0 Å². The summed E-state index contributed by atoms with van der Waals surface area (Å²) in [5.41, 5.74) is 2.79. The molecule has 0 saturated carbocycles. The standard InChI is InChI=1S/C19H20N4O/c24-18(13-14-7-3-5-11-20-14)23-12-6-4-10-17(23)19-21-15-8-1-2-9-16(15)22-19/h1-3,5,7-9,11,17H,4,6,10,12-13H2,(H,21,22)/t17-/m1/s1. The van der Waals surface area contributed by atoms with Crippen molar-refractivity contribution in [1.29, 1.82) is 0 Å². The normalized spacial score (nSPS) is 18.0. The zero-order valence-corrected chi connectivity index (χ0v) is 13.5. The number of nitrogens with zero attached hydrogens (tertiary/aromatic N) is 3. The Hall–Kier alpha value is -2.69. The molecule has 1 aliphatic rings. The summed E-state index contributed by atoms with van der Waals surface area (Å²) >= 11 is 0. The summed E-state index contributed by atoms with van der Waals surface area (Å²) in [5.74, 6) is 1.02. The Labute approximate surface area is 140 Å². The van der Waals surface area contributed by atoms with Gasteiger partial charge in [0.25, 0.3) is 0 Å². The number of piperidine rings is 1. The number of hydrogen-bond acceptors (Lipinski definition) is 3. The zero-order valence-electron chi connectivity index (χ0n) is 13.5. The summed E-state index contributed by atoms with van der Waals surface area (Å²) in [6, 6.07) is 13.7. The predicted molar refractivity (Wildman–Crippen MR) is 92.3 cm³/mol. The highest BCUT2D eigenvalue weighted by Gasteiger charge is 2.30. The molecule has 122 valence electrons. The summed E-state index contributed by atoms with van der Waals surface area (Å²) in [6.07, 6.45) is 5.20. The number of fused-ring (bicyclic) bond motifs is 1. The number of carbonyl (C=O) groups excluding carboxylic acids is 1. The van der Waals surface area contributed by atoms with Crippen LogP contribution in [-0.2, 0) is 11.2 Å². The van der Waals surface area contributed by atoms with Crippen molar-refractivity contribution in [3.05, 3.63) is 60.2 Å².